The second-order valence-corrected chi connectivity index (χ2v) is 6.72. The highest BCUT2D eigenvalue weighted by atomic mass is 16.1. The first-order valence-electron chi connectivity index (χ1n) is 8.68. The number of aryl methyl sites for hydroxylation is 3. The maximum Gasteiger partial charge on any atom is 0.251 e. The van der Waals surface area contributed by atoms with Gasteiger partial charge in [-0.3, -0.25) is 4.79 Å². The molecule has 0 fully saturated rings. The van der Waals surface area contributed by atoms with Crippen LogP contribution in [0.1, 0.15) is 45.6 Å². The van der Waals surface area contributed by atoms with Gasteiger partial charge in [0.15, 0.2) is 0 Å². The molecule has 1 heterocycles. The van der Waals surface area contributed by atoms with Gasteiger partial charge in [0.05, 0.1) is 0 Å². The van der Waals surface area contributed by atoms with Crippen molar-refractivity contribution in [2.75, 3.05) is 0 Å². The minimum Gasteiger partial charge on any atom is -0.358 e. The third-order valence-electron chi connectivity index (χ3n) is 4.90. The number of hydrogen-bond donors (Lipinski definition) is 2. The van der Waals surface area contributed by atoms with Gasteiger partial charge in [-0.15, -0.1) is 0 Å². The molecule has 3 heteroatoms. The Morgan fingerprint density at radius 1 is 1.12 bits per heavy atom. The van der Waals surface area contributed by atoms with Crippen molar-refractivity contribution in [2.24, 2.45) is 0 Å². The predicted octanol–water partition coefficient (Wildman–Crippen LogP) is 4.29. The fraction of sp³-hybridized carbons (Fsp3) is 0.286. The van der Waals surface area contributed by atoms with Crippen molar-refractivity contribution in [3.8, 4) is 0 Å². The van der Waals surface area contributed by atoms with E-state index in [1.165, 1.54) is 35.0 Å². The van der Waals surface area contributed by atoms with Crippen LogP contribution in [0.4, 0.5) is 0 Å². The van der Waals surface area contributed by atoms with Crippen LogP contribution in [0.2, 0.25) is 0 Å². The van der Waals surface area contributed by atoms with Crippen LogP contribution in [0.25, 0.3) is 10.9 Å². The predicted molar refractivity (Wildman–Crippen MR) is 97.3 cm³/mol. The summed E-state index contributed by atoms with van der Waals surface area (Å²) in [5.41, 5.74) is 7.06. The summed E-state index contributed by atoms with van der Waals surface area (Å²) in [6.45, 7) is 2.56. The molecule has 1 aromatic heterocycles. The van der Waals surface area contributed by atoms with Crippen LogP contribution in [0.5, 0.6) is 0 Å². The van der Waals surface area contributed by atoms with Crippen molar-refractivity contribution in [1.29, 1.82) is 0 Å². The molecule has 1 aliphatic rings. The lowest BCUT2D eigenvalue weighted by Gasteiger charge is -2.11. The Kier molecular flexibility index (Phi) is 3.85. The largest absolute Gasteiger partial charge is 0.358 e. The van der Waals surface area contributed by atoms with Gasteiger partial charge in [-0.25, -0.2) is 0 Å². The van der Waals surface area contributed by atoms with E-state index in [-0.39, 0.29) is 5.91 Å². The summed E-state index contributed by atoms with van der Waals surface area (Å²) in [5.74, 6) is -0.0186. The number of nitrogens with one attached hydrogen (secondary N) is 2. The number of hydrogen-bond acceptors (Lipinski definition) is 1. The van der Waals surface area contributed by atoms with Crippen LogP contribution >= 0.6 is 0 Å². The molecule has 24 heavy (non-hydrogen) atoms. The zero-order valence-electron chi connectivity index (χ0n) is 14.0. The number of amides is 1. The Balaban J connectivity index is 1.53. The van der Waals surface area contributed by atoms with Gasteiger partial charge in [-0.05, 0) is 68.0 Å². The van der Waals surface area contributed by atoms with E-state index in [9.17, 15) is 4.79 Å². The normalized spacial score (nSPS) is 13.7. The second-order valence-electron chi connectivity index (χ2n) is 6.72. The van der Waals surface area contributed by atoms with Crippen LogP contribution in [0, 0.1) is 6.92 Å². The van der Waals surface area contributed by atoms with Crippen LogP contribution in [-0.2, 0) is 19.4 Å². The molecular weight excluding hydrogens is 296 g/mol. The van der Waals surface area contributed by atoms with Crippen molar-refractivity contribution in [3.05, 3.63) is 70.4 Å². The molecule has 3 nitrogen and oxygen atoms in total. The molecule has 1 aliphatic carbocycles. The van der Waals surface area contributed by atoms with E-state index in [2.05, 4.69) is 28.5 Å². The molecular formula is C21H22N2O. The lowest BCUT2D eigenvalue weighted by atomic mass is 9.95. The maximum absolute atomic E-state index is 12.3. The molecule has 0 unspecified atom stereocenters. The van der Waals surface area contributed by atoms with Gasteiger partial charge in [0.25, 0.3) is 5.91 Å². The zero-order chi connectivity index (χ0) is 16.5. The van der Waals surface area contributed by atoms with Crippen LogP contribution < -0.4 is 5.32 Å². The summed E-state index contributed by atoms with van der Waals surface area (Å²) in [6, 6.07) is 14.2. The average molecular weight is 318 g/mol. The number of H-pyrrole nitrogens is 1. The Morgan fingerprint density at radius 2 is 2.00 bits per heavy atom. The summed E-state index contributed by atoms with van der Waals surface area (Å²) in [4.78, 5) is 15.9. The monoisotopic (exact) mass is 318 g/mol. The highest BCUT2D eigenvalue weighted by Gasteiger charge is 2.15. The van der Waals surface area contributed by atoms with E-state index in [1.807, 2.05) is 31.2 Å². The minimum atomic E-state index is -0.0186. The van der Waals surface area contributed by atoms with Crippen LogP contribution in [0.3, 0.4) is 0 Å². The topological polar surface area (TPSA) is 44.9 Å². The molecule has 0 saturated carbocycles. The minimum absolute atomic E-state index is 0.0186. The maximum atomic E-state index is 12.3. The highest BCUT2D eigenvalue weighted by Crippen LogP contribution is 2.29. The Morgan fingerprint density at radius 3 is 2.88 bits per heavy atom. The summed E-state index contributed by atoms with van der Waals surface area (Å²) in [5, 5.41) is 4.36. The molecule has 1 amide bonds. The van der Waals surface area contributed by atoms with Gasteiger partial charge in [0.1, 0.15) is 0 Å². The van der Waals surface area contributed by atoms with Gasteiger partial charge >= 0.3 is 0 Å². The van der Waals surface area contributed by atoms with Gasteiger partial charge < -0.3 is 10.3 Å². The molecule has 0 spiro atoms. The third-order valence-corrected chi connectivity index (χ3v) is 4.90. The SMILES string of the molecule is Cc1cccc(C(=O)NCc2ccc3[nH]c4c(c3c2)CCCC4)c1. The van der Waals surface area contributed by atoms with E-state index in [1.54, 1.807) is 0 Å². The van der Waals surface area contributed by atoms with Crippen LogP contribution in [-0.4, -0.2) is 10.9 Å². The molecule has 2 N–H and O–H groups in total. The molecule has 0 bridgehead atoms. The fourth-order valence-corrected chi connectivity index (χ4v) is 3.63. The molecule has 2 aromatic carbocycles. The third kappa shape index (κ3) is 2.82. The van der Waals surface area contributed by atoms with E-state index in [0.29, 0.717) is 6.54 Å². The Bertz CT molecular complexity index is 907. The molecule has 0 aliphatic heterocycles. The van der Waals surface area contributed by atoms with Gasteiger partial charge in [-0.1, -0.05) is 23.8 Å². The summed E-state index contributed by atoms with van der Waals surface area (Å²) in [7, 11) is 0. The number of aromatic nitrogens is 1. The van der Waals surface area contributed by atoms with Crippen molar-refractivity contribution < 1.29 is 4.79 Å². The smallest absolute Gasteiger partial charge is 0.251 e. The first-order valence-corrected chi connectivity index (χ1v) is 8.68. The zero-order valence-corrected chi connectivity index (χ0v) is 14.0. The van der Waals surface area contributed by atoms with Crippen molar-refractivity contribution in [2.45, 2.75) is 39.2 Å². The number of carbonyl (C=O) groups is 1. The summed E-state index contributed by atoms with van der Waals surface area (Å²) >= 11 is 0. The number of benzene rings is 2. The first-order chi connectivity index (χ1) is 11.7. The van der Waals surface area contributed by atoms with E-state index >= 15 is 0 Å². The Hall–Kier alpha value is -2.55. The Labute approximate surface area is 142 Å². The molecule has 0 saturated heterocycles. The number of fused-ring (bicyclic) bond motifs is 3. The summed E-state index contributed by atoms with van der Waals surface area (Å²) < 4.78 is 0. The quantitative estimate of drug-likeness (QED) is 0.743. The van der Waals surface area contributed by atoms with E-state index in [0.717, 1.165) is 29.5 Å². The molecule has 122 valence electrons. The molecule has 4 rings (SSSR count). The van der Waals surface area contributed by atoms with Gasteiger partial charge in [0, 0.05) is 28.7 Å². The van der Waals surface area contributed by atoms with Crippen LogP contribution in [0.15, 0.2) is 42.5 Å². The highest BCUT2D eigenvalue weighted by molar-refractivity contribution is 5.94. The first kappa shape index (κ1) is 15.0. The van der Waals surface area contributed by atoms with Gasteiger partial charge in [0.2, 0.25) is 0 Å². The lowest BCUT2D eigenvalue weighted by molar-refractivity contribution is 0.0951. The van der Waals surface area contributed by atoms with E-state index < -0.39 is 0 Å². The second kappa shape index (κ2) is 6.16. The van der Waals surface area contributed by atoms with Crippen molar-refractivity contribution in [3.63, 3.8) is 0 Å². The van der Waals surface area contributed by atoms with Crippen molar-refractivity contribution in [1.82, 2.24) is 10.3 Å². The molecule has 0 radical (unpaired) electrons. The number of aromatic amines is 1. The lowest BCUT2D eigenvalue weighted by Crippen LogP contribution is -2.22. The standard InChI is InChI=1S/C21H22N2O/c1-14-5-4-6-16(11-14)21(24)22-13-15-9-10-20-18(12-15)17-7-2-3-8-19(17)23-20/h4-6,9-12,23H,2-3,7-8,13H2,1H3,(H,22,24). The van der Waals surface area contributed by atoms with Crippen molar-refractivity contribution >= 4 is 16.8 Å². The molecule has 0 atom stereocenters. The summed E-state index contributed by atoms with van der Waals surface area (Å²) in [6.07, 6.45) is 4.87. The number of rotatable bonds is 3. The molecule has 3 aromatic rings. The fourth-order valence-electron chi connectivity index (χ4n) is 3.63. The number of carbonyl (C=O) groups excluding carboxylic acids is 1. The van der Waals surface area contributed by atoms with Gasteiger partial charge in [-0.2, -0.15) is 0 Å². The van der Waals surface area contributed by atoms with E-state index in [4.69, 9.17) is 0 Å². The average Bonchev–Trinajstić information content (AvgIpc) is 2.97.